The summed E-state index contributed by atoms with van der Waals surface area (Å²) in [6.07, 6.45) is -4.89. The summed E-state index contributed by atoms with van der Waals surface area (Å²) < 4.78 is 36.2. The van der Waals surface area contributed by atoms with Gasteiger partial charge in [-0.2, -0.15) is 13.2 Å². The lowest BCUT2D eigenvalue weighted by Crippen LogP contribution is -2.44. The molecular formula is C11H24F3NO2. The molecule has 0 aliphatic heterocycles. The second kappa shape index (κ2) is 13.3. The van der Waals surface area contributed by atoms with Gasteiger partial charge in [0, 0.05) is 0 Å². The molecule has 0 aromatic heterocycles. The summed E-state index contributed by atoms with van der Waals surface area (Å²) in [6, 6.07) is -1.94. The SMILES string of the molecule is CC.CC.CCCNC(CC(=O)O)C(F)(F)F. The van der Waals surface area contributed by atoms with Gasteiger partial charge in [0.1, 0.15) is 6.04 Å². The average molecular weight is 259 g/mol. The topological polar surface area (TPSA) is 49.3 Å². The molecule has 2 N–H and O–H groups in total. The Hall–Kier alpha value is -0.780. The van der Waals surface area contributed by atoms with Crippen molar-refractivity contribution in [2.45, 2.75) is 59.7 Å². The van der Waals surface area contributed by atoms with Gasteiger partial charge in [0.25, 0.3) is 0 Å². The molecule has 0 radical (unpaired) electrons. The first-order valence-corrected chi connectivity index (χ1v) is 5.89. The van der Waals surface area contributed by atoms with Crippen molar-refractivity contribution in [1.29, 1.82) is 0 Å². The molecule has 0 saturated carbocycles. The second-order valence-electron chi connectivity index (χ2n) is 2.65. The highest BCUT2D eigenvalue weighted by atomic mass is 19.4. The molecule has 0 rings (SSSR count). The number of hydrogen-bond donors (Lipinski definition) is 2. The van der Waals surface area contributed by atoms with E-state index < -0.39 is 24.6 Å². The first kappa shape index (κ1) is 21.5. The smallest absolute Gasteiger partial charge is 0.404 e. The van der Waals surface area contributed by atoms with Crippen molar-refractivity contribution < 1.29 is 23.1 Å². The monoisotopic (exact) mass is 259 g/mol. The number of alkyl halides is 3. The highest BCUT2D eigenvalue weighted by molar-refractivity contribution is 5.67. The Bertz CT molecular complexity index is 173. The summed E-state index contributed by atoms with van der Waals surface area (Å²) in [5.74, 6) is -1.45. The van der Waals surface area contributed by atoms with E-state index in [9.17, 15) is 18.0 Å². The van der Waals surface area contributed by atoms with Crippen LogP contribution in [0.25, 0.3) is 0 Å². The first-order chi connectivity index (χ1) is 7.88. The lowest BCUT2D eigenvalue weighted by atomic mass is 10.2. The zero-order valence-corrected chi connectivity index (χ0v) is 11.2. The van der Waals surface area contributed by atoms with Crippen LogP contribution in [0.3, 0.4) is 0 Å². The summed E-state index contributed by atoms with van der Waals surface area (Å²) in [7, 11) is 0. The Morgan fingerprint density at radius 3 is 1.88 bits per heavy atom. The van der Waals surface area contributed by atoms with E-state index in [1.165, 1.54) is 0 Å². The van der Waals surface area contributed by atoms with Crippen LogP contribution in [0.2, 0.25) is 0 Å². The Kier molecular flexibility index (Phi) is 16.8. The Morgan fingerprint density at radius 2 is 1.65 bits per heavy atom. The highest BCUT2D eigenvalue weighted by Crippen LogP contribution is 2.22. The van der Waals surface area contributed by atoms with Gasteiger partial charge in [-0.3, -0.25) is 4.79 Å². The normalized spacial score (nSPS) is 11.5. The van der Waals surface area contributed by atoms with Crippen LogP contribution in [0.5, 0.6) is 0 Å². The minimum Gasteiger partial charge on any atom is -0.481 e. The molecular weight excluding hydrogens is 235 g/mol. The van der Waals surface area contributed by atoms with E-state index in [-0.39, 0.29) is 6.54 Å². The van der Waals surface area contributed by atoms with Gasteiger partial charge in [0.15, 0.2) is 0 Å². The number of halogens is 3. The third kappa shape index (κ3) is 15.2. The predicted octanol–water partition coefficient (Wildman–Crippen LogP) is 3.44. The van der Waals surface area contributed by atoms with Gasteiger partial charge in [0.2, 0.25) is 0 Å². The van der Waals surface area contributed by atoms with Crippen molar-refractivity contribution in [3.8, 4) is 0 Å². The number of aliphatic carboxylic acids is 1. The van der Waals surface area contributed by atoms with Crippen LogP contribution in [-0.2, 0) is 4.79 Å². The Morgan fingerprint density at radius 1 is 1.24 bits per heavy atom. The highest BCUT2D eigenvalue weighted by Gasteiger charge is 2.40. The van der Waals surface area contributed by atoms with Crippen LogP contribution in [0.4, 0.5) is 13.2 Å². The average Bonchev–Trinajstić information content (AvgIpc) is 2.28. The standard InChI is InChI=1S/C7H12F3NO2.2C2H6/c1-2-3-11-5(4-6(12)13)7(8,9)10;2*1-2/h5,11H,2-4H2,1H3,(H,12,13);2*1-2H3. The molecule has 0 aromatic rings. The number of nitrogens with one attached hydrogen (secondary N) is 1. The van der Waals surface area contributed by atoms with Gasteiger partial charge in [-0.25, -0.2) is 0 Å². The maximum absolute atomic E-state index is 12.1. The molecule has 0 aliphatic rings. The van der Waals surface area contributed by atoms with Crippen LogP contribution in [0, 0.1) is 0 Å². The fourth-order valence-electron chi connectivity index (χ4n) is 0.797. The van der Waals surface area contributed by atoms with Crippen LogP contribution in [0.1, 0.15) is 47.5 Å². The zero-order valence-electron chi connectivity index (χ0n) is 11.2. The number of hydrogen-bond acceptors (Lipinski definition) is 2. The molecule has 0 saturated heterocycles. The van der Waals surface area contributed by atoms with Crippen LogP contribution in [-0.4, -0.2) is 29.8 Å². The van der Waals surface area contributed by atoms with E-state index in [4.69, 9.17) is 5.11 Å². The summed E-state index contributed by atoms with van der Waals surface area (Å²) in [5.41, 5.74) is 0. The van der Waals surface area contributed by atoms with Gasteiger partial charge in [-0.05, 0) is 13.0 Å². The van der Waals surface area contributed by atoms with Crippen LogP contribution >= 0.6 is 0 Å². The van der Waals surface area contributed by atoms with E-state index in [0.717, 1.165) is 0 Å². The lowest BCUT2D eigenvalue weighted by molar-refractivity contribution is -0.167. The van der Waals surface area contributed by atoms with Crippen molar-refractivity contribution >= 4 is 5.97 Å². The van der Waals surface area contributed by atoms with E-state index in [1.54, 1.807) is 6.92 Å². The Balaban J connectivity index is -0.000000439. The van der Waals surface area contributed by atoms with Crippen molar-refractivity contribution in [3.05, 3.63) is 0 Å². The second-order valence-corrected chi connectivity index (χ2v) is 2.65. The molecule has 1 unspecified atom stereocenters. The molecule has 106 valence electrons. The third-order valence-electron chi connectivity index (χ3n) is 1.41. The fraction of sp³-hybridized carbons (Fsp3) is 0.909. The van der Waals surface area contributed by atoms with E-state index in [1.807, 2.05) is 27.7 Å². The fourth-order valence-corrected chi connectivity index (χ4v) is 0.797. The minimum absolute atomic E-state index is 0.164. The van der Waals surface area contributed by atoms with Crippen molar-refractivity contribution in [1.82, 2.24) is 5.32 Å². The van der Waals surface area contributed by atoms with E-state index >= 15 is 0 Å². The molecule has 0 spiro atoms. The van der Waals surface area contributed by atoms with Gasteiger partial charge < -0.3 is 10.4 Å². The molecule has 0 aliphatic carbocycles. The summed E-state index contributed by atoms with van der Waals surface area (Å²) in [5, 5.41) is 10.3. The maximum Gasteiger partial charge on any atom is 0.404 e. The molecule has 0 heterocycles. The molecule has 6 heteroatoms. The third-order valence-corrected chi connectivity index (χ3v) is 1.41. The largest absolute Gasteiger partial charge is 0.481 e. The van der Waals surface area contributed by atoms with Gasteiger partial charge in [-0.15, -0.1) is 0 Å². The quantitative estimate of drug-likeness (QED) is 0.795. The Labute approximate surface area is 101 Å². The lowest BCUT2D eigenvalue weighted by Gasteiger charge is -2.19. The van der Waals surface area contributed by atoms with Crippen LogP contribution < -0.4 is 5.32 Å². The molecule has 0 aromatic carbocycles. The molecule has 0 amide bonds. The summed E-state index contributed by atoms with van der Waals surface area (Å²) >= 11 is 0. The van der Waals surface area contributed by atoms with E-state index in [2.05, 4.69) is 5.32 Å². The van der Waals surface area contributed by atoms with Gasteiger partial charge in [0.05, 0.1) is 6.42 Å². The number of carbonyl (C=O) groups is 1. The van der Waals surface area contributed by atoms with Crippen molar-refractivity contribution in [2.75, 3.05) is 6.54 Å². The summed E-state index contributed by atoms with van der Waals surface area (Å²) in [6.45, 7) is 9.87. The van der Waals surface area contributed by atoms with Gasteiger partial charge in [-0.1, -0.05) is 34.6 Å². The predicted molar refractivity (Wildman–Crippen MR) is 63.1 cm³/mol. The van der Waals surface area contributed by atoms with Crippen molar-refractivity contribution in [2.24, 2.45) is 0 Å². The first-order valence-electron chi connectivity index (χ1n) is 5.89. The number of carboxylic acid groups (broad SMARTS) is 1. The number of carboxylic acids is 1. The molecule has 3 nitrogen and oxygen atoms in total. The minimum atomic E-state index is -4.49. The molecule has 1 atom stereocenters. The molecule has 0 fully saturated rings. The number of rotatable bonds is 5. The molecule has 0 bridgehead atoms. The maximum atomic E-state index is 12.1. The van der Waals surface area contributed by atoms with Crippen molar-refractivity contribution in [3.63, 3.8) is 0 Å². The van der Waals surface area contributed by atoms with Gasteiger partial charge >= 0.3 is 12.1 Å². The summed E-state index contributed by atoms with van der Waals surface area (Å²) in [4.78, 5) is 10.1. The van der Waals surface area contributed by atoms with E-state index in [0.29, 0.717) is 6.42 Å². The van der Waals surface area contributed by atoms with Crippen LogP contribution in [0.15, 0.2) is 0 Å². The molecule has 17 heavy (non-hydrogen) atoms. The zero-order chi connectivity index (χ0) is 14.5.